The van der Waals surface area contributed by atoms with Gasteiger partial charge in [-0.1, -0.05) is 0 Å². The van der Waals surface area contributed by atoms with Crippen molar-refractivity contribution in [3.8, 4) is 17.2 Å². The zero-order valence-electron chi connectivity index (χ0n) is 16.3. The van der Waals surface area contributed by atoms with E-state index < -0.39 is 5.82 Å². The Balaban J connectivity index is 1.47. The van der Waals surface area contributed by atoms with Crippen LogP contribution in [0.25, 0.3) is 22.6 Å². The SMILES string of the molecule is Cc1cn2nc(-c3cc(F)c4nc(NC(=O)C5CB(C#N)C5)nn4c3)cc(C)c2n1. The summed E-state index contributed by atoms with van der Waals surface area (Å²) < 4.78 is 17.7. The van der Waals surface area contributed by atoms with Crippen LogP contribution in [0.3, 0.4) is 0 Å². The summed E-state index contributed by atoms with van der Waals surface area (Å²) in [5.41, 5.74) is 3.60. The molecule has 0 atom stereocenters. The number of anilines is 1. The van der Waals surface area contributed by atoms with Gasteiger partial charge < -0.3 is 0 Å². The lowest BCUT2D eigenvalue weighted by Crippen LogP contribution is -2.38. The molecule has 0 unspecified atom stereocenters. The monoisotopic (exact) mass is 402 g/mol. The molecule has 1 amide bonds. The Bertz CT molecular complexity index is 1360. The summed E-state index contributed by atoms with van der Waals surface area (Å²) in [4.78, 5) is 20.8. The van der Waals surface area contributed by atoms with Crippen LogP contribution in [0.5, 0.6) is 0 Å². The van der Waals surface area contributed by atoms with E-state index in [0.29, 0.717) is 23.9 Å². The standard InChI is InChI=1S/C19H16BFN8O/c1-10-3-15(26-28-7-11(2)23-16(10)28)12-4-14(21)17-24-19(27-29(17)8-12)25-18(30)13-5-20(6-13)9-22/h3-4,7-8,13H,5-6H2,1-2H3,(H,25,27,30). The molecular formula is C19H16BFN8O. The van der Waals surface area contributed by atoms with Gasteiger partial charge in [-0.3, -0.25) is 10.1 Å². The molecule has 0 radical (unpaired) electrons. The molecule has 9 nitrogen and oxygen atoms in total. The summed E-state index contributed by atoms with van der Waals surface area (Å²) in [6.45, 7) is 3.72. The van der Waals surface area contributed by atoms with Crippen LogP contribution in [0.2, 0.25) is 12.6 Å². The van der Waals surface area contributed by atoms with Crippen molar-refractivity contribution in [2.45, 2.75) is 26.5 Å². The van der Waals surface area contributed by atoms with Crippen LogP contribution in [0.15, 0.2) is 24.5 Å². The topological polar surface area (TPSA) is 113 Å². The van der Waals surface area contributed by atoms with Crippen LogP contribution in [0.4, 0.5) is 10.3 Å². The summed E-state index contributed by atoms with van der Waals surface area (Å²) in [7, 11) is 0. The zero-order chi connectivity index (χ0) is 21.0. The normalized spacial score (nSPS) is 14.1. The molecule has 1 N–H and O–H groups in total. The maximum absolute atomic E-state index is 14.7. The number of hydrogen-bond donors (Lipinski definition) is 1. The molecule has 30 heavy (non-hydrogen) atoms. The first-order chi connectivity index (χ1) is 14.4. The van der Waals surface area contributed by atoms with Crippen molar-refractivity contribution in [1.29, 1.82) is 5.26 Å². The maximum Gasteiger partial charge on any atom is 0.269 e. The molecule has 4 aromatic heterocycles. The number of hydrogen-bond acceptors (Lipinski definition) is 6. The highest BCUT2D eigenvalue weighted by Crippen LogP contribution is 2.29. The van der Waals surface area contributed by atoms with Gasteiger partial charge in [0.2, 0.25) is 11.9 Å². The van der Waals surface area contributed by atoms with E-state index in [9.17, 15) is 9.18 Å². The number of aryl methyl sites for hydroxylation is 2. The number of carbonyl (C=O) groups is 1. The summed E-state index contributed by atoms with van der Waals surface area (Å²) >= 11 is 0. The number of halogens is 1. The smallest absolute Gasteiger partial charge is 0.269 e. The fourth-order valence-corrected chi connectivity index (χ4v) is 3.67. The van der Waals surface area contributed by atoms with Gasteiger partial charge in [0.15, 0.2) is 17.1 Å². The molecule has 0 aromatic carbocycles. The van der Waals surface area contributed by atoms with Gasteiger partial charge >= 0.3 is 0 Å². The van der Waals surface area contributed by atoms with Crippen LogP contribution in [-0.2, 0) is 4.79 Å². The Morgan fingerprint density at radius 1 is 1.20 bits per heavy atom. The molecule has 1 saturated heterocycles. The highest BCUT2D eigenvalue weighted by molar-refractivity contribution is 6.70. The Hall–Kier alpha value is -3.81. The second-order valence-electron chi connectivity index (χ2n) is 7.63. The molecule has 0 spiro atoms. The number of amides is 1. The first kappa shape index (κ1) is 18.2. The van der Waals surface area contributed by atoms with Crippen molar-refractivity contribution in [3.63, 3.8) is 0 Å². The number of imidazole rings is 1. The summed E-state index contributed by atoms with van der Waals surface area (Å²) in [5, 5.41) is 20.2. The summed E-state index contributed by atoms with van der Waals surface area (Å²) in [6, 6.07) is 3.18. The van der Waals surface area contributed by atoms with Gasteiger partial charge in [-0.25, -0.2) is 23.7 Å². The van der Waals surface area contributed by atoms with Gasteiger partial charge in [-0.15, -0.1) is 5.10 Å². The second-order valence-corrected chi connectivity index (χ2v) is 7.63. The van der Waals surface area contributed by atoms with E-state index in [-0.39, 0.29) is 30.1 Å². The van der Waals surface area contributed by atoms with Crippen LogP contribution < -0.4 is 5.32 Å². The van der Waals surface area contributed by atoms with E-state index >= 15 is 0 Å². The van der Waals surface area contributed by atoms with Crippen molar-refractivity contribution in [3.05, 3.63) is 41.6 Å². The van der Waals surface area contributed by atoms with Crippen LogP contribution >= 0.6 is 0 Å². The van der Waals surface area contributed by atoms with Crippen LogP contribution in [0, 0.1) is 36.8 Å². The zero-order valence-corrected chi connectivity index (χ0v) is 16.3. The van der Waals surface area contributed by atoms with E-state index in [0.717, 1.165) is 16.9 Å². The molecule has 1 aliphatic rings. The first-order valence-corrected chi connectivity index (χ1v) is 9.51. The predicted octanol–water partition coefficient (Wildman–Crippen LogP) is 2.32. The number of nitrogens with zero attached hydrogens (tertiary/aromatic N) is 7. The van der Waals surface area contributed by atoms with Gasteiger partial charge in [0, 0.05) is 23.6 Å². The lowest BCUT2D eigenvalue weighted by Gasteiger charge is -2.25. The van der Waals surface area contributed by atoms with Crippen molar-refractivity contribution in [1.82, 2.24) is 29.2 Å². The molecule has 5 rings (SSSR count). The van der Waals surface area contributed by atoms with Crippen molar-refractivity contribution in [2.75, 3.05) is 5.32 Å². The largest absolute Gasteiger partial charge is 0.293 e. The third-order valence-electron chi connectivity index (χ3n) is 5.34. The number of aromatic nitrogens is 6. The number of fused-ring (bicyclic) bond motifs is 2. The Kier molecular flexibility index (Phi) is 4.03. The predicted molar refractivity (Wildman–Crippen MR) is 108 cm³/mol. The summed E-state index contributed by atoms with van der Waals surface area (Å²) in [6.07, 6.45) is 4.47. The minimum Gasteiger partial charge on any atom is -0.293 e. The molecule has 148 valence electrons. The second kappa shape index (κ2) is 6.62. The Morgan fingerprint density at radius 3 is 2.73 bits per heavy atom. The maximum atomic E-state index is 14.7. The number of carbonyl (C=O) groups excluding carboxylic acids is 1. The summed E-state index contributed by atoms with van der Waals surface area (Å²) in [5.74, 6) is 1.11. The quantitative estimate of drug-likeness (QED) is 0.527. The number of rotatable bonds is 3. The lowest BCUT2D eigenvalue weighted by atomic mass is 9.32. The van der Waals surface area contributed by atoms with Crippen molar-refractivity contribution < 1.29 is 9.18 Å². The van der Waals surface area contributed by atoms with Crippen LogP contribution in [-0.4, -0.2) is 41.8 Å². The molecule has 0 saturated carbocycles. The molecule has 11 heteroatoms. The fraction of sp³-hybridized carbons (Fsp3) is 0.263. The highest BCUT2D eigenvalue weighted by atomic mass is 19.1. The first-order valence-electron chi connectivity index (χ1n) is 9.51. The Morgan fingerprint density at radius 2 is 1.97 bits per heavy atom. The molecule has 0 aliphatic carbocycles. The average molecular weight is 402 g/mol. The molecular weight excluding hydrogens is 386 g/mol. The molecule has 1 fully saturated rings. The van der Waals surface area contributed by atoms with Gasteiger partial charge in [0.1, 0.15) is 0 Å². The fourth-order valence-electron chi connectivity index (χ4n) is 3.67. The minimum atomic E-state index is -0.574. The molecule has 4 aromatic rings. The highest BCUT2D eigenvalue weighted by Gasteiger charge is 2.38. The minimum absolute atomic E-state index is 0.00818. The molecule has 5 heterocycles. The lowest BCUT2D eigenvalue weighted by molar-refractivity contribution is -0.119. The van der Waals surface area contributed by atoms with Crippen molar-refractivity contribution in [2.24, 2.45) is 5.92 Å². The number of nitriles is 1. The number of nitrogens with one attached hydrogen (secondary N) is 1. The van der Waals surface area contributed by atoms with E-state index in [1.54, 1.807) is 16.9 Å². The van der Waals surface area contributed by atoms with E-state index in [2.05, 4.69) is 31.5 Å². The third-order valence-corrected chi connectivity index (χ3v) is 5.34. The van der Waals surface area contributed by atoms with Gasteiger partial charge in [-0.2, -0.15) is 10.1 Å². The Labute approximate surface area is 170 Å². The average Bonchev–Trinajstić information content (AvgIpc) is 3.23. The molecule has 0 bridgehead atoms. The van der Waals surface area contributed by atoms with Gasteiger partial charge in [0.05, 0.1) is 17.6 Å². The van der Waals surface area contributed by atoms with E-state index in [1.807, 2.05) is 19.9 Å². The third kappa shape index (κ3) is 2.97. The van der Waals surface area contributed by atoms with Gasteiger partial charge in [0.25, 0.3) is 6.71 Å². The molecule has 1 aliphatic heterocycles. The van der Waals surface area contributed by atoms with E-state index in [4.69, 9.17) is 5.26 Å². The van der Waals surface area contributed by atoms with Crippen molar-refractivity contribution >= 4 is 29.9 Å². The van der Waals surface area contributed by atoms with E-state index in [1.165, 1.54) is 10.6 Å². The number of pyridine rings is 1. The van der Waals surface area contributed by atoms with Gasteiger partial charge in [-0.05, 0) is 44.2 Å². The van der Waals surface area contributed by atoms with Crippen LogP contribution in [0.1, 0.15) is 11.3 Å².